The Balaban J connectivity index is 1.80. The number of benzene rings is 2. The van der Waals surface area contributed by atoms with E-state index in [1.165, 1.54) is 6.20 Å². The molecule has 0 unspecified atom stereocenters. The molecule has 0 fully saturated rings. The number of para-hydroxylation sites is 1. The number of carbonyl (C=O) groups is 1. The molecule has 3 rings (SSSR count). The minimum atomic E-state index is -4.42. The van der Waals surface area contributed by atoms with Crippen molar-refractivity contribution in [2.45, 2.75) is 6.18 Å². The first-order chi connectivity index (χ1) is 10.9. The summed E-state index contributed by atoms with van der Waals surface area (Å²) in [6.45, 7) is 0. The molecule has 0 radical (unpaired) electrons. The van der Waals surface area contributed by atoms with E-state index in [2.05, 4.69) is 10.3 Å². The van der Waals surface area contributed by atoms with E-state index in [4.69, 9.17) is 0 Å². The number of alkyl halides is 3. The Labute approximate surface area is 129 Å². The molecule has 0 aliphatic carbocycles. The zero-order valence-electron chi connectivity index (χ0n) is 11.8. The quantitative estimate of drug-likeness (QED) is 0.756. The number of pyridine rings is 1. The fraction of sp³-hybridized carbons (Fsp3) is 0.0588. The van der Waals surface area contributed by atoms with Gasteiger partial charge in [0.25, 0.3) is 5.91 Å². The third-order valence-corrected chi connectivity index (χ3v) is 3.32. The van der Waals surface area contributed by atoms with Gasteiger partial charge >= 0.3 is 6.18 Å². The van der Waals surface area contributed by atoms with Crippen molar-refractivity contribution in [3.63, 3.8) is 0 Å². The van der Waals surface area contributed by atoms with E-state index in [0.29, 0.717) is 5.69 Å². The van der Waals surface area contributed by atoms with Crippen LogP contribution in [0, 0.1) is 0 Å². The van der Waals surface area contributed by atoms with Gasteiger partial charge in [-0.05, 0) is 36.4 Å². The third kappa shape index (κ3) is 3.31. The fourth-order valence-corrected chi connectivity index (χ4v) is 2.15. The van der Waals surface area contributed by atoms with Gasteiger partial charge < -0.3 is 5.32 Å². The molecule has 0 atom stereocenters. The fourth-order valence-electron chi connectivity index (χ4n) is 2.15. The Kier molecular flexibility index (Phi) is 3.73. The number of amides is 1. The number of anilines is 1. The second kappa shape index (κ2) is 5.72. The van der Waals surface area contributed by atoms with E-state index in [0.717, 1.165) is 35.2 Å². The van der Waals surface area contributed by atoms with Crippen LogP contribution >= 0.6 is 0 Å². The summed E-state index contributed by atoms with van der Waals surface area (Å²) in [5.74, 6) is -0.490. The van der Waals surface area contributed by atoms with Gasteiger partial charge in [0.05, 0.1) is 23.0 Å². The summed E-state index contributed by atoms with van der Waals surface area (Å²) < 4.78 is 37.5. The summed E-state index contributed by atoms with van der Waals surface area (Å²) in [5, 5.41) is 3.48. The average molecular weight is 316 g/mol. The summed E-state index contributed by atoms with van der Waals surface area (Å²) in [5.41, 5.74) is 0.626. The normalized spacial score (nSPS) is 11.4. The molecule has 23 heavy (non-hydrogen) atoms. The number of fused-ring (bicyclic) bond motifs is 1. The first-order valence-corrected chi connectivity index (χ1v) is 6.77. The van der Waals surface area contributed by atoms with Crippen LogP contribution in [0.1, 0.15) is 15.9 Å². The molecule has 0 spiro atoms. The summed E-state index contributed by atoms with van der Waals surface area (Å²) in [4.78, 5) is 16.3. The van der Waals surface area contributed by atoms with Crippen LogP contribution in [0.4, 0.5) is 18.9 Å². The number of rotatable bonds is 2. The molecule has 1 heterocycles. The predicted octanol–water partition coefficient (Wildman–Crippen LogP) is 4.51. The van der Waals surface area contributed by atoms with Crippen molar-refractivity contribution < 1.29 is 18.0 Å². The molecule has 0 aliphatic heterocycles. The molecule has 2 aromatic carbocycles. The van der Waals surface area contributed by atoms with Gasteiger partial charge in [-0.2, -0.15) is 13.2 Å². The molecule has 0 aliphatic rings. The van der Waals surface area contributed by atoms with E-state index in [9.17, 15) is 18.0 Å². The van der Waals surface area contributed by atoms with Crippen molar-refractivity contribution in [2.24, 2.45) is 0 Å². The van der Waals surface area contributed by atoms with Gasteiger partial charge in [0, 0.05) is 10.9 Å². The zero-order valence-corrected chi connectivity index (χ0v) is 11.8. The highest BCUT2D eigenvalue weighted by molar-refractivity contribution is 6.04. The first-order valence-electron chi connectivity index (χ1n) is 6.77. The van der Waals surface area contributed by atoms with Crippen LogP contribution in [-0.4, -0.2) is 10.9 Å². The molecule has 0 saturated heterocycles. The molecular weight excluding hydrogens is 305 g/mol. The van der Waals surface area contributed by atoms with Crippen molar-refractivity contribution in [1.82, 2.24) is 4.98 Å². The van der Waals surface area contributed by atoms with Crippen LogP contribution in [0.5, 0.6) is 0 Å². The lowest BCUT2D eigenvalue weighted by Gasteiger charge is -2.08. The standard InChI is InChI=1S/C17H11F3N2O/c18-17(19,20)13-7-5-11(6-8-13)16(23)22-14-9-12-3-1-2-4-15(12)21-10-14/h1-10H,(H,22,23). The molecule has 3 aromatic rings. The van der Waals surface area contributed by atoms with Gasteiger partial charge in [0.2, 0.25) is 0 Å². The molecule has 0 bridgehead atoms. The van der Waals surface area contributed by atoms with Crippen molar-refractivity contribution in [1.29, 1.82) is 0 Å². The smallest absolute Gasteiger partial charge is 0.321 e. The average Bonchev–Trinajstić information content (AvgIpc) is 2.54. The van der Waals surface area contributed by atoms with Crippen LogP contribution in [0.3, 0.4) is 0 Å². The highest BCUT2D eigenvalue weighted by atomic mass is 19.4. The van der Waals surface area contributed by atoms with Crippen LogP contribution in [0.15, 0.2) is 60.8 Å². The Morgan fingerprint density at radius 2 is 1.70 bits per heavy atom. The van der Waals surface area contributed by atoms with Gasteiger partial charge in [0.1, 0.15) is 0 Å². The van der Waals surface area contributed by atoms with Gasteiger partial charge in [0.15, 0.2) is 0 Å². The van der Waals surface area contributed by atoms with Crippen LogP contribution in [-0.2, 0) is 6.18 Å². The van der Waals surface area contributed by atoms with E-state index >= 15 is 0 Å². The zero-order chi connectivity index (χ0) is 16.4. The molecule has 1 amide bonds. The lowest BCUT2D eigenvalue weighted by molar-refractivity contribution is -0.137. The van der Waals surface area contributed by atoms with Gasteiger partial charge in [-0.25, -0.2) is 0 Å². The minimum Gasteiger partial charge on any atom is -0.321 e. The van der Waals surface area contributed by atoms with Crippen LogP contribution in [0.2, 0.25) is 0 Å². The lowest BCUT2D eigenvalue weighted by Crippen LogP contribution is -2.13. The minimum absolute atomic E-state index is 0.145. The molecule has 1 N–H and O–H groups in total. The van der Waals surface area contributed by atoms with Crippen molar-refractivity contribution in [2.75, 3.05) is 5.32 Å². The molecule has 116 valence electrons. The van der Waals surface area contributed by atoms with Crippen LogP contribution < -0.4 is 5.32 Å². The lowest BCUT2D eigenvalue weighted by atomic mass is 10.1. The number of nitrogens with zero attached hydrogens (tertiary/aromatic N) is 1. The monoisotopic (exact) mass is 316 g/mol. The SMILES string of the molecule is O=C(Nc1cnc2ccccc2c1)c1ccc(C(F)(F)F)cc1. The second-order valence-corrected chi connectivity index (χ2v) is 4.95. The van der Waals surface area contributed by atoms with Crippen molar-refractivity contribution in [3.05, 3.63) is 71.9 Å². The maximum atomic E-state index is 12.5. The van der Waals surface area contributed by atoms with Crippen molar-refractivity contribution in [3.8, 4) is 0 Å². The van der Waals surface area contributed by atoms with E-state index in [1.807, 2.05) is 24.3 Å². The number of hydrogen-bond acceptors (Lipinski definition) is 2. The summed E-state index contributed by atoms with van der Waals surface area (Å²) in [7, 11) is 0. The topological polar surface area (TPSA) is 42.0 Å². The Bertz CT molecular complexity index is 858. The molecule has 6 heteroatoms. The Morgan fingerprint density at radius 1 is 1.00 bits per heavy atom. The van der Waals surface area contributed by atoms with Crippen LogP contribution in [0.25, 0.3) is 10.9 Å². The van der Waals surface area contributed by atoms with Gasteiger partial charge in [-0.3, -0.25) is 9.78 Å². The highest BCUT2D eigenvalue weighted by Crippen LogP contribution is 2.29. The third-order valence-electron chi connectivity index (χ3n) is 3.32. The highest BCUT2D eigenvalue weighted by Gasteiger charge is 2.30. The number of aromatic nitrogens is 1. The Hall–Kier alpha value is -2.89. The maximum absolute atomic E-state index is 12.5. The Morgan fingerprint density at radius 3 is 2.39 bits per heavy atom. The van der Waals surface area contributed by atoms with E-state index in [-0.39, 0.29) is 5.56 Å². The molecule has 0 saturated carbocycles. The molecule has 3 nitrogen and oxygen atoms in total. The number of halogens is 3. The van der Waals surface area contributed by atoms with E-state index < -0.39 is 17.6 Å². The van der Waals surface area contributed by atoms with E-state index in [1.54, 1.807) is 6.07 Å². The van der Waals surface area contributed by atoms with Gasteiger partial charge in [-0.15, -0.1) is 0 Å². The van der Waals surface area contributed by atoms with Gasteiger partial charge in [-0.1, -0.05) is 18.2 Å². The number of nitrogens with one attached hydrogen (secondary N) is 1. The predicted molar refractivity (Wildman–Crippen MR) is 81.1 cm³/mol. The summed E-state index contributed by atoms with van der Waals surface area (Å²) in [6.07, 6.45) is -2.92. The summed E-state index contributed by atoms with van der Waals surface area (Å²) in [6, 6.07) is 13.2. The maximum Gasteiger partial charge on any atom is 0.416 e. The second-order valence-electron chi connectivity index (χ2n) is 4.95. The van der Waals surface area contributed by atoms with Crippen molar-refractivity contribution >= 4 is 22.5 Å². The number of hydrogen-bond donors (Lipinski definition) is 1. The largest absolute Gasteiger partial charge is 0.416 e. The molecular formula is C17H11F3N2O. The summed E-state index contributed by atoms with van der Waals surface area (Å²) >= 11 is 0. The first kappa shape index (κ1) is 15.0. The molecule has 1 aromatic heterocycles. The number of carbonyl (C=O) groups excluding carboxylic acids is 1.